The molecule has 2 aromatic rings. The van der Waals surface area contributed by atoms with Crippen LogP contribution < -0.4 is 11.1 Å². The topological polar surface area (TPSA) is 55.9 Å². The second-order valence-electron chi connectivity index (χ2n) is 4.01. The lowest BCUT2D eigenvalue weighted by Gasteiger charge is -2.12. The van der Waals surface area contributed by atoms with E-state index >= 15 is 0 Å². The smallest absolute Gasteiger partial charge is 0.152 e. The molecule has 1 aromatic heterocycles. The van der Waals surface area contributed by atoms with E-state index in [0.717, 1.165) is 16.0 Å². The van der Waals surface area contributed by atoms with E-state index in [4.69, 9.17) is 28.9 Å². The van der Waals surface area contributed by atoms with E-state index in [0.29, 0.717) is 28.0 Å². The average Bonchev–Trinajstić information content (AvgIpc) is 2.66. The Balaban J connectivity index is 2.45. The fourth-order valence-corrected chi connectivity index (χ4v) is 2.53. The van der Waals surface area contributed by atoms with Gasteiger partial charge in [0.1, 0.15) is 0 Å². The highest BCUT2D eigenvalue weighted by Gasteiger charge is 2.14. The predicted molar refractivity (Wildman–Crippen MR) is 84.5 cm³/mol. The van der Waals surface area contributed by atoms with Gasteiger partial charge in [-0.2, -0.15) is 5.10 Å². The average molecular weight is 364 g/mol. The fourth-order valence-electron chi connectivity index (χ4n) is 1.71. The number of nitrogens with one attached hydrogen (secondary N) is 1. The van der Waals surface area contributed by atoms with E-state index in [2.05, 4.69) is 26.3 Å². The summed E-state index contributed by atoms with van der Waals surface area (Å²) in [6.45, 7) is 4.57. The number of nitrogens with two attached hydrogens (primary N) is 1. The third kappa shape index (κ3) is 2.68. The van der Waals surface area contributed by atoms with E-state index in [-0.39, 0.29) is 0 Å². The summed E-state index contributed by atoms with van der Waals surface area (Å²) in [6.07, 6.45) is 0. The van der Waals surface area contributed by atoms with E-state index in [1.54, 1.807) is 4.68 Å². The maximum atomic E-state index is 6.21. The zero-order valence-corrected chi connectivity index (χ0v) is 13.6. The summed E-state index contributed by atoms with van der Waals surface area (Å²) >= 11 is 15.6. The second-order valence-corrected chi connectivity index (χ2v) is 5.62. The lowest BCUT2D eigenvalue weighted by molar-refractivity contribution is 0.661. The molecule has 3 N–H and O–H groups in total. The molecule has 0 radical (unpaired) electrons. The number of aryl methyl sites for hydroxylation is 2. The van der Waals surface area contributed by atoms with Gasteiger partial charge in [-0.15, -0.1) is 0 Å². The van der Waals surface area contributed by atoms with Crippen LogP contribution in [-0.4, -0.2) is 9.78 Å². The highest BCUT2D eigenvalue weighted by Crippen LogP contribution is 2.38. The molecule has 1 aromatic carbocycles. The minimum Gasteiger partial charge on any atom is -0.394 e. The molecule has 102 valence electrons. The maximum Gasteiger partial charge on any atom is 0.152 e. The lowest BCUT2D eigenvalue weighted by atomic mass is 10.3. The molecule has 0 spiro atoms. The van der Waals surface area contributed by atoms with Crippen LogP contribution in [0.2, 0.25) is 10.0 Å². The van der Waals surface area contributed by atoms with Crippen LogP contribution in [0.4, 0.5) is 17.2 Å². The molecule has 4 nitrogen and oxygen atoms in total. The predicted octanol–water partition coefficient (Wildman–Crippen LogP) is 4.61. The minimum atomic E-state index is 0.442. The van der Waals surface area contributed by atoms with Gasteiger partial charge in [0.2, 0.25) is 0 Å². The van der Waals surface area contributed by atoms with Crippen molar-refractivity contribution in [3.63, 3.8) is 0 Å². The first-order valence-electron chi connectivity index (χ1n) is 5.69. The van der Waals surface area contributed by atoms with E-state index in [9.17, 15) is 0 Å². The Bertz CT molecular complexity index is 625. The maximum absolute atomic E-state index is 6.21. The molecule has 1 heterocycles. The Kier molecular flexibility index (Phi) is 4.28. The number of rotatable bonds is 3. The lowest BCUT2D eigenvalue weighted by Crippen LogP contribution is -2.04. The van der Waals surface area contributed by atoms with Gasteiger partial charge in [0, 0.05) is 11.0 Å². The first-order chi connectivity index (χ1) is 8.95. The minimum absolute atomic E-state index is 0.442. The first kappa shape index (κ1) is 14.5. The van der Waals surface area contributed by atoms with E-state index < -0.39 is 0 Å². The van der Waals surface area contributed by atoms with Crippen molar-refractivity contribution in [2.75, 3.05) is 11.1 Å². The van der Waals surface area contributed by atoms with Crippen molar-refractivity contribution in [3.05, 3.63) is 32.3 Å². The summed E-state index contributed by atoms with van der Waals surface area (Å²) in [5, 5.41) is 8.43. The molecule has 7 heteroatoms. The van der Waals surface area contributed by atoms with Crippen LogP contribution in [0.3, 0.4) is 0 Å². The number of hydrogen-bond donors (Lipinski definition) is 2. The van der Waals surface area contributed by atoms with Gasteiger partial charge in [-0.25, -0.2) is 4.68 Å². The normalized spacial score (nSPS) is 10.8. The summed E-state index contributed by atoms with van der Waals surface area (Å²) in [7, 11) is 0. The Labute approximate surface area is 130 Å². The highest BCUT2D eigenvalue weighted by atomic mass is 79.9. The van der Waals surface area contributed by atoms with Gasteiger partial charge in [0.15, 0.2) is 5.82 Å². The van der Waals surface area contributed by atoms with Crippen LogP contribution in [0.15, 0.2) is 16.6 Å². The number of benzene rings is 1. The molecule has 0 aliphatic rings. The van der Waals surface area contributed by atoms with Crippen molar-refractivity contribution in [3.8, 4) is 0 Å². The number of halogens is 3. The Morgan fingerprint density at radius 1 is 1.37 bits per heavy atom. The van der Waals surface area contributed by atoms with Gasteiger partial charge in [0.05, 0.1) is 27.1 Å². The molecular weight excluding hydrogens is 351 g/mol. The van der Waals surface area contributed by atoms with Gasteiger partial charge < -0.3 is 11.1 Å². The van der Waals surface area contributed by atoms with Crippen molar-refractivity contribution < 1.29 is 0 Å². The largest absolute Gasteiger partial charge is 0.394 e. The number of nitrogen functional groups attached to an aromatic ring is 1. The van der Waals surface area contributed by atoms with E-state index in [1.807, 2.05) is 26.0 Å². The molecule has 0 bridgehead atoms. The van der Waals surface area contributed by atoms with Gasteiger partial charge in [0.25, 0.3) is 0 Å². The van der Waals surface area contributed by atoms with Crippen LogP contribution in [0.5, 0.6) is 0 Å². The molecule has 0 saturated carbocycles. The zero-order chi connectivity index (χ0) is 14.2. The number of nitrogens with zero attached hydrogens (tertiary/aromatic N) is 2. The molecule has 19 heavy (non-hydrogen) atoms. The molecule has 0 unspecified atom stereocenters. The SMILES string of the molecule is CCn1nc(C)c(N)c1Nc1ccc(Br)c(Cl)c1Cl. The van der Waals surface area contributed by atoms with Crippen molar-refractivity contribution in [2.24, 2.45) is 0 Å². The first-order valence-corrected chi connectivity index (χ1v) is 7.24. The van der Waals surface area contributed by atoms with Gasteiger partial charge in [-0.3, -0.25) is 0 Å². The molecule has 2 rings (SSSR count). The van der Waals surface area contributed by atoms with Crippen LogP contribution in [0.1, 0.15) is 12.6 Å². The van der Waals surface area contributed by atoms with E-state index in [1.165, 1.54) is 0 Å². The Morgan fingerprint density at radius 2 is 2.05 bits per heavy atom. The van der Waals surface area contributed by atoms with Crippen molar-refractivity contribution in [1.29, 1.82) is 0 Å². The third-order valence-corrected chi connectivity index (χ3v) is 4.53. The number of aromatic nitrogens is 2. The molecule has 0 saturated heterocycles. The Morgan fingerprint density at radius 3 is 2.68 bits per heavy atom. The number of hydrogen-bond acceptors (Lipinski definition) is 3. The van der Waals surface area contributed by atoms with Crippen LogP contribution in [0, 0.1) is 6.92 Å². The summed E-state index contributed by atoms with van der Waals surface area (Å²) in [5.41, 5.74) is 8.09. The van der Waals surface area contributed by atoms with Crippen LogP contribution >= 0.6 is 39.1 Å². The molecular formula is C12H13BrCl2N4. The third-order valence-electron chi connectivity index (χ3n) is 2.76. The molecule has 0 amide bonds. The van der Waals surface area contributed by atoms with Crippen LogP contribution in [0.25, 0.3) is 0 Å². The van der Waals surface area contributed by atoms with Crippen molar-refractivity contribution in [2.45, 2.75) is 20.4 Å². The van der Waals surface area contributed by atoms with Crippen LogP contribution in [-0.2, 0) is 6.54 Å². The van der Waals surface area contributed by atoms with Gasteiger partial charge >= 0.3 is 0 Å². The highest BCUT2D eigenvalue weighted by molar-refractivity contribution is 9.10. The summed E-state index contributed by atoms with van der Waals surface area (Å²) in [5.74, 6) is 0.722. The Hall–Kier alpha value is -0.910. The standard InChI is InChI=1S/C12H13BrCl2N4/c1-3-19-12(11(16)6(2)18-19)17-8-5-4-7(13)9(14)10(8)15/h4-5,17H,3,16H2,1-2H3. The van der Waals surface area contributed by atoms with Crippen molar-refractivity contribution in [1.82, 2.24) is 9.78 Å². The fraction of sp³-hybridized carbons (Fsp3) is 0.250. The summed E-state index contributed by atoms with van der Waals surface area (Å²) in [6, 6.07) is 3.66. The van der Waals surface area contributed by atoms with Crippen molar-refractivity contribution >= 4 is 56.3 Å². The molecule has 0 fully saturated rings. The molecule has 0 aliphatic heterocycles. The van der Waals surface area contributed by atoms with Gasteiger partial charge in [-0.1, -0.05) is 23.2 Å². The van der Waals surface area contributed by atoms with Gasteiger partial charge in [-0.05, 0) is 41.9 Å². The summed E-state index contributed by atoms with van der Waals surface area (Å²) in [4.78, 5) is 0. The molecule has 0 aliphatic carbocycles. The quantitative estimate of drug-likeness (QED) is 0.783. The summed E-state index contributed by atoms with van der Waals surface area (Å²) < 4.78 is 2.54. The number of anilines is 3. The monoisotopic (exact) mass is 362 g/mol. The second kappa shape index (κ2) is 5.61. The molecule has 0 atom stereocenters. The zero-order valence-electron chi connectivity index (χ0n) is 10.5.